The molecule has 4 aromatic carbocycles. The third-order valence-electron chi connectivity index (χ3n) is 10.9. The van der Waals surface area contributed by atoms with E-state index >= 15 is 0 Å². The van der Waals surface area contributed by atoms with Crippen LogP contribution in [0.1, 0.15) is 88.6 Å². The Labute approximate surface area is 348 Å². The van der Waals surface area contributed by atoms with Gasteiger partial charge in [-0.1, -0.05) is 48.3 Å². The molecule has 13 heteroatoms. The molecule has 3 atom stereocenters. The Kier molecular flexibility index (Phi) is 13.4. The summed E-state index contributed by atoms with van der Waals surface area (Å²) in [5.74, 6) is 0.367. The summed E-state index contributed by atoms with van der Waals surface area (Å²) in [4.78, 5) is 47.5. The molecule has 2 saturated heterocycles. The predicted octanol–water partition coefficient (Wildman–Crippen LogP) is 9.19. The molecule has 2 aliphatic rings. The number of rotatable bonds is 13. The molecule has 0 saturated carbocycles. The molecular formula is C45H48Cl2N4O7. The lowest BCUT2D eigenvalue weighted by molar-refractivity contribution is -0.229. The zero-order valence-electron chi connectivity index (χ0n) is 32.8. The number of fused-ring (bicyclic) bond motifs is 1. The van der Waals surface area contributed by atoms with E-state index in [1.165, 1.54) is 5.56 Å². The number of nitrogens with one attached hydrogen (secondary N) is 2. The summed E-state index contributed by atoms with van der Waals surface area (Å²) >= 11 is 12.8. The lowest BCUT2D eigenvalue weighted by Gasteiger charge is -2.43. The Morgan fingerprint density at radius 1 is 0.931 bits per heavy atom. The number of hydrogen-bond acceptors (Lipinski definition) is 8. The standard InChI is InChI=1S/C45H48Cl2N4O7/c1-4-21-56-44(54)33-7-5-6-30(23-33)28(2)58-45-42(31-8-14-38(46)39(47)25-31)51(20-22-57-45)41(52)27-50-18-16-29(17-19-50)37-26-48-40-15-9-32(24-36(37)40)43(53)49-34-10-12-35(55-3)13-11-34/h5-15,23-26,28-29,42,45,48H,4,16-22,27H2,1-3H3,(H,49,53)/t28?,42-,45+/m0/s1. The van der Waals surface area contributed by atoms with Crippen LogP contribution in [0, 0.1) is 0 Å². The summed E-state index contributed by atoms with van der Waals surface area (Å²) in [6, 6.07) is 24.9. The second kappa shape index (κ2) is 18.8. The van der Waals surface area contributed by atoms with Crippen molar-refractivity contribution in [1.82, 2.24) is 14.8 Å². The number of halogens is 2. The number of hydrogen-bond donors (Lipinski definition) is 2. The number of carbonyl (C=O) groups excluding carboxylic acids is 3. The maximum atomic E-state index is 14.3. The van der Waals surface area contributed by atoms with Crippen molar-refractivity contribution in [1.29, 1.82) is 0 Å². The van der Waals surface area contributed by atoms with Crippen LogP contribution in [0.15, 0.2) is 91.1 Å². The Balaban J connectivity index is 1.02. The van der Waals surface area contributed by atoms with Crippen molar-refractivity contribution in [3.05, 3.63) is 129 Å². The van der Waals surface area contributed by atoms with Crippen LogP contribution in [0.5, 0.6) is 5.75 Å². The summed E-state index contributed by atoms with van der Waals surface area (Å²) in [5, 5.41) is 4.77. The summed E-state index contributed by atoms with van der Waals surface area (Å²) in [6.07, 6.45) is 3.19. The number of anilines is 1. The summed E-state index contributed by atoms with van der Waals surface area (Å²) in [7, 11) is 1.61. The van der Waals surface area contributed by atoms with E-state index in [2.05, 4.69) is 15.2 Å². The van der Waals surface area contributed by atoms with E-state index in [-0.39, 0.29) is 36.9 Å². The monoisotopic (exact) mass is 826 g/mol. The minimum Gasteiger partial charge on any atom is -0.497 e. The van der Waals surface area contributed by atoms with E-state index in [0.29, 0.717) is 40.0 Å². The van der Waals surface area contributed by atoms with Gasteiger partial charge >= 0.3 is 5.97 Å². The lowest BCUT2D eigenvalue weighted by Crippen LogP contribution is -2.52. The van der Waals surface area contributed by atoms with Gasteiger partial charge in [0.15, 0.2) is 6.29 Å². The number of aromatic nitrogens is 1. The number of aromatic amines is 1. The molecule has 2 N–H and O–H groups in total. The van der Waals surface area contributed by atoms with Crippen LogP contribution in [-0.2, 0) is 19.0 Å². The second-order valence-corrected chi connectivity index (χ2v) is 15.5. The number of amides is 2. The molecule has 11 nitrogen and oxygen atoms in total. The number of esters is 1. The van der Waals surface area contributed by atoms with Gasteiger partial charge in [-0.2, -0.15) is 0 Å². The van der Waals surface area contributed by atoms with Crippen LogP contribution >= 0.6 is 23.2 Å². The summed E-state index contributed by atoms with van der Waals surface area (Å²) in [5.41, 5.74) is 5.37. The number of benzene rings is 4. The smallest absolute Gasteiger partial charge is 0.338 e. The number of carbonyl (C=O) groups is 3. The van der Waals surface area contributed by atoms with Gasteiger partial charge in [0.05, 0.1) is 48.6 Å². The Hall–Kier alpha value is -4.91. The highest BCUT2D eigenvalue weighted by Crippen LogP contribution is 2.38. The van der Waals surface area contributed by atoms with E-state index < -0.39 is 18.4 Å². The highest BCUT2D eigenvalue weighted by molar-refractivity contribution is 6.42. The number of morpholine rings is 1. The van der Waals surface area contributed by atoms with E-state index in [4.69, 9.17) is 42.1 Å². The molecule has 0 bridgehead atoms. The zero-order chi connectivity index (χ0) is 40.8. The van der Waals surface area contributed by atoms with Gasteiger partial charge in [-0.3, -0.25) is 14.5 Å². The van der Waals surface area contributed by atoms with Crippen LogP contribution in [0.2, 0.25) is 10.0 Å². The first-order valence-electron chi connectivity index (χ1n) is 19.7. The Morgan fingerprint density at radius 2 is 1.72 bits per heavy atom. The lowest BCUT2D eigenvalue weighted by atomic mass is 9.89. The van der Waals surface area contributed by atoms with Gasteiger partial charge in [-0.05, 0) is 129 Å². The highest BCUT2D eigenvalue weighted by atomic mass is 35.5. The molecule has 0 spiro atoms. The first-order valence-corrected chi connectivity index (χ1v) is 20.4. The van der Waals surface area contributed by atoms with Gasteiger partial charge < -0.3 is 34.1 Å². The highest BCUT2D eigenvalue weighted by Gasteiger charge is 2.39. The summed E-state index contributed by atoms with van der Waals surface area (Å²) < 4.78 is 23.4. The number of nitrogens with zero attached hydrogens (tertiary/aromatic N) is 2. The minimum absolute atomic E-state index is 0.0423. The van der Waals surface area contributed by atoms with Gasteiger partial charge in [-0.15, -0.1) is 0 Å². The molecular weight excluding hydrogens is 779 g/mol. The van der Waals surface area contributed by atoms with Crippen molar-refractivity contribution < 1.29 is 33.3 Å². The van der Waals surface area contributed by atoms with Crippen LogP contribution < -0.4 is 10.1 Å². The number of H-pyrrole nitrogens is 1. The SMILES string of the molecule is CCCOC(=O)c1cccc(C(C)O[C@H]2OCCN(C(=O)CN3CCC(c4c[nH]c5ccc(C(=O)Nc6ccc(OC)cc6)cc45)CC3)[C@H]2c2ccc(Cl)c(Cl)c2)c1. The van der Waals surface area contributed by atoms with Crippen molar-refractivity contribution in [2.24, 2.45) is 0 Å². The van der Waals surface area contributed by atoms with E-state index in [1.807, 2.05) is 79.5 Å². The number of ether oxygens (including phenoxy) is 4. The average Bonchev–Trinajstić information content (AvgIpc) is 3.67. The molecule has 2 aliphatic heterocycles. The predicted molar refractivity (Wildman–Crippen MR) is 225 cm³/mol. The normalized spacial score (nSPS) is 18.2. The molecule has 7 rings (SSSR count). The molecule has 1 aromatic heterocycles. The van der Waals surface area contributed by atoms with Gasteiger partial charge in [0.25, 0.3) is 5.91 Å². The van der Waals surface area contributed by atoms with Gasteiger partial charge in [-0.25, -0.2) is 4.79 Å². The Bertz CT molecular complexity index is 2240. The van der Waals surface area contributed by atoms with Gasteiger partial charge in [0.2, 0.25) is 5.91 Å². The number of likely N-dealkylation sites (tertiary alicyclic amines) is 1. The fourth-order valence-corrected chi connectivity index (χ4v) is 8.04. The first-order chi connectivity index (χ1) is 28.1. The molecule has 2 amide bonds. The van der Waals surface area contributed by atoms with Gasteiger partial charge in [0, 0.05) is 34.9 Å². The number of methoxy groups -OCH3 is 1. The second-order valence-electron chi connectivity index (χ2n) is 14.7. The van der Waals surface area contributed by atoms with E-state index in [1.54, 1.807) is 37.4 Å². The molecule has 0 radical (unpaired) electrons. The van der Waals surface area contributed by atoms with Crippen molar-refractivity contribution in [3.8, 4) is 5.75 Å². The molecule has 3 heterocycles. The minimum atomic E-state index is -0.823. The topological polar surface area (TPSA) is 122 Å². The van der Waals surface area contributed by atoms with Crippen LogP contribution in [0.4, 0.5) is 5.69 Å². The molecule has 5 aromatic rings. The molecule has 0 aliphatic carbocycles. The molecule has 2 fully saturated rings. The van der Waals surface area contributed by atoms with Crippen molar-refractivity contribution >= 4 is 57.6 Å². The average molecular weight is 828 g/mol. The van der Waals surface area contributed by atoms with Crippen molar-refractivity contribution in [2.45, 2.75) is 57.5 Å². The van der Waals surface area contributed by atoms with E-state index in [9.17, 15) is 14.4 Å². The largest absolute Gasteiger partial charge is 0.497 e. The van der Waals surface area contributed by atoms with Crippen molar-refractivity contribution in [3.63, 3.8) is 0 Å². The fraction of sp³-hybridized carbons (Fsp3) is 0.356. The van der Waals surface area contributed by atoms with Gasteiger partial charge in [0.1, 0.15) is 11.8 Å². The molecule has 58 heavy (non-hydrogen) atoms. The maximum absolute atomic E-state index is 14.3. The Morgan fingerprint density at radius 3 is 2.47 bits per heavy atom. The van der Waals surface area contributed by atoms with Crippen molar-refractivity contribution in [2.75, 3.05) is 51.8 Å². The quantitative estimate of drug-likeness (QED) is 0.113. The maximum Gasteiger partial charge on any atom is 0.338 e. The zero-order valence-corrected chi connectivity index (χ0v) is 34.4. The first kappa shape index (κ1) is 41.3. The number of piperidine rings is 1. The third kappa shape index (κ3) is 9.51. The van der Waals surface area contributed by atoms with Crippen LogP contribution in [0.3, 0.4) is 0 Å². The molecule has 1 unspecified atom stereocenters. The summed E-state index contributed by atoms with van der Waals surface area (Å²) in [6.45, 7) is 6.54. The third-order valence-corrected chi connectivity index (χ3v) is 11.6. The fourth-order valence-electron chi connectivity index (χ4n) is 7.73. The molecule has 304 valence electrons. The van der Waals surface area contributed by atoms with Crippen LogP contribution in [0.25, 0.3) is 10.9 Å². The van der Waals surface area contributed by atoms with E-state index in [0.717, 1.165) is 60.1 Å². The van der Waals surface area contributed by atoms with Crippen LogP contribution in [-0.4, -0.2) is 85.4 Å².